The normalized spacial score (nSPS) is 13.2. The number of nitrogens with one attached hydrogen (secondary N) is 1. The highest BCUT2D eigenvalue weighted by Crippen LogP contribution is 1.99. The first-order valence-electron chi connectivity index (χ1n) is 5.09. The van der Waals surface area contributed by atoms with E-state index >= 15 is 0 Å². The van der Waals surface area contributed by atoms with E-state index in [2.05, 4.69) is 5.32 Å². The average Bonchev–Trinajstić information content (AvgIpc) is 2.27. The van der Waals surface area contributed by atoms with Crippen LogP contribution < -0.4 is 5.32 Å². The quantitative estimate of drug-likeness (QED) is 0.596. The van der Waals surface area contributed by atoms with E-state index in [0.717, 1.165) is 11.8 Å². The SMILES string of the molecule is CS(=O)(=O)OC(C=S)CNCc1ccccc1. The van der Waals surface area contributed by atoms with Crippen LogP contribution in [-0.2, 0) is 20.8 Å². The number of hydrogen-bond acceptors (Lipinski definition) is 5. The van der Waals surface area contributed by atoms with Gasteiger partial charge in [0.15, 0.2) is 0 Å². The topological polar surface area (TPSA) is 55.4 Å². The minimum atomic E-state index is -3.47. The molecule has 0 amide bonds. The van der Waals surface area contributed by atoms with Crippen molar-refractivity contribution in [2.75, 3.05) is 12.8 Å². The van der Waals surface area contributed by atoms with Crippen LogP contribution in [0.4, 0.5) is 0 Å². The highest BCUT2D eigenvalue weighted by Gasteiger charge is 2.11. The Kier molecular flexibility index (Phi) is 5.70. The highest BCUT2D eigenvalue weighted by atomic mass is 32.2. The van der Waals surface area contributed by atoms with E-state index in [0.29, 0.717) is 13.1 Å². The monoisotopic (exact) mass is 273 g/mol. The van der Waals surface area contributed by atoms with E-state index < -0.39 is 16.2 Å². The number of rotatable bonds is 7. The molecule has 0 aliphatic carbocycles. The van der Waals surface area contributed by atoms with Crippen LogP contribution in [0.2, 0.25) is 0 Å². The minimum Gasteiger partial charge on any atom is -0.310 e. The van der Waals surface area contributed by atoms with E-state index in [1.54, 1.807) is 0 Å². The van der Waals surface area contributed by atoms with Gasteiger partial charge in [-0.05, 0) is 5.56 Å². The molecule has 0 aromatic heterocycles. The molecule has 1 aromatic rings. The lowest BCUT2D eigenvalue weighted by molar-refractivity contribution is 0.275. The van der Waals surface area contributed by atoms with Gasteiger partial charge in [0.05, 0.1) is 6.26 Å². The van der Waals surface area contributed by atoms with Crippen molar-refractivity contribution in [1.29, 1.82) is 0 Å². The third-order valence-electron chi connectivity index (χ3n) is 1.97. The summed E-state index contributed by atoms with van der Waals surface area (Å²) in [5, 5.41) is 4.39. The fourth-order valence-corrected chi connectivity index (χ4v) is 2.08. The van der Waals surface area contributed by atoms with Crippen molar-refractivity contribution in [2.24, 2.45) is 0 Å². The lowest BCUT2D eigenvalue weighted by Gasteiger charge is -2.12. The average molecular weight is 273 g/mol. The molecule has 0 spiro atoms. The van der Waals surface area contributed by atoms with Crippen LogP contribution in [-0.4, -0.2) is 32.7 Å². The molecule has 1 N–H and O–H groups in total. The van der Waals surface area contributed by atoms with E-state index in [1.165, 1.54) is 5.37 Å². The zero-order chi connectivity index (χ0) is 12.7. The molecular weight excluding hydrogens is 258 g/mol. The van der Waals surface area contributed by atoms with Gasteiger partial charge in [-0.1, -0.05) is 42.5 Å². The molecule has 1 atom stereocenters. The largest absolute Gasteiger partial charge is 0.310 e. The Balaban J connectivity index is 2.36. The maximum atomic E-state index is 10.9. The summed E-state index contributed by atoms with van der Waals surface area (Å²) in [6.45, 7) is 1.01. The lowest BCUT2D eigenvalue weighted by Crippen LogP contribution is -2.31. The zero-order valence-electron chi connectivity index (χ0n) is 9.50. The zero-order valence-corrected chi connectivity index (χ0v) is 11.1. The molecule has 4 nitrogen and oxygen atoms in total. The van der Waals surface area contributed by atoms with Crippen LogP contribution in [0.15, 0.2) is 30.3 Å². The summed E-state index contributed by atoms with van der Waals surface area (Å²) >= 11 is 4.72. The summed E-state index contributed by atoms with van der Waals surface area (Å²) in [6, 6.07) is 9.80. The van der Waals surface area contributed by atoms with Gasteiger partial charge in [-0.15, -0.1) is 0 Å². The minimum absolute atomic E-state index is 0.367. The third kappa shape index (κ3) is 6.48. The van der Waals surface area contributed by atoms with E-state index in [4.69, 9.17) is 16.4 Å². The smallest absolute Gasteiger partial charge is 0.265 e. The van der Waals surface area contributed by atoms with Crippen molar-refractivity contribution >= 4 is 27.7 Å². The van der Waals surface area contributed by atoms with Crippen LogP contribution in [0.1, 0.15) is 5.56 Å². The Morgan fingerprint density at radius 2 is 2.06 bits per heavy atom. The van der Waals surface area contributed by atoms with Gasteiger partial charge in [-0.2, -0.15) is 8.42 Å². The third-order valence-corrected chi connectivity index (χ3v) is 2.87. The van der Waals surface area contributed by atoms with Gasteiger partial charge in [0, 0.05) is 18.5 Å². The first kappa shape index (κ1) is 14.2. The second kappa shape index (κ2) is 6.80. The summed E-state index contributed by atoms with van der Waals surface area (Å²) < 4.78 is 26.6. The fourth-order valence-electron chi connectivity index (χ4n) is 1.28. The first-order valence-corrected chi connectivity index (χ1v) is 7.38. The molecule has 6 heteroatoms. The summed E-state index contributed by atoms with van der Waals surface area (Å²) in [7, 11) is -3.47. The molecular formula is C11H15NO3S2. The Morgan fingerprint density at radius 1 is 1.41 bits per heavy atom. The van der Waals surface area contributed by atoms with Gasteiger partial charge in [0.2, 0.25) is 0 Å². The Labute approximate surface area is 107 Å². The van der Waals surface area contributed by atoms with Crippen molar-refractivity contribution in [3.63, 3.8) is 0 Å². The predicted octanol–water partition coefficient (Wildman–Crippen LogP) is 1.12. The summed E-state index contributed by atoms with van der Waals surface area (Å²) in [6.07, 6.45) is 0.402. The summed E-state index contributed by atoms with van der Waals surface area (Å²) in [4.78, 5) is 0. The molecule has 1 rings (SSSR count). The van der Waals surface area contributed by atoms with E-state index in [-0.39, 0.29) is 0 Å². The molecule has 0 bridgehead atoms. The Bertz CT molecular complexity index is 445. The summed E-state index contributed by atoms with van der Waals surface area (Å²) in [5.74, 6) is 0. The molecule has 0 saturated heterocycles. The van der Waals surface area contributed by atoms with E-state index in [9.17, 15) is 8.42 Å². The standard InChI is InChI=1S/C11H15NO3S2/c1-17(13,14)15-11(9-16)8-12-7-10-5-3-2-4-6-10/h2-6,9,11-12H,7-8H2,1H3. The first-order chi connectivity index (χ1) is 8.01. The molecule has 1 aromatic carbocycles. The van der Waals surface area contributed by atoms with Crippen LogP contribution >= 0.6 is 12.2 Å². The van der Waals surface area contributed by atoms with Crippen LogP contribution in [0, 0.1) is 0 Å². The number of benzene rings is 1. The lowest BCUT2D eigenvalue weighted by atomic mass is 10.2. The molecule has 0 aliphatic heterocycles. The van der Waals surface area contributed by atoms with Crippen LogP contribution in [0.5, 0.6) is 0 Å². The van der Waals surface area contributed by atoms with Gasteiger partial charge in [-0.25, -0.2) is 0 Å². The molecule has 17 heavy (non-hydrogen) atoms. The second-order valence-electron chi connectivity index (χ2n) is 3.59. The van der Waals surface area contributed by atoms with Crippen molar-refractivity contribution < 1.29 is 12.6 Å². The highest BCUT2D eigenvalue weighted by molar-refractivity contribution is 7.86. The molecule has 1 unspecified atom stereocenters. The number of thiocarbonyl (C=S) groups is 1. The molecule has 0 radical (unpaired) electrons. The second-order valence-corrected chi connectivity index (χ2v) is 5.46. The Hall–Kier alpha value is -0.820. The molecule has 0 saturated carbocycles. The molecule has 0 heterocycles. The van der Waals surface area contributed by atoms with Crippen LogP contribution in [0.25, 0.3) is 0 Å². The van der Waals surface area contributed by atoms with Crippen molar-refractivity contribution in [3.8, 4) is 0 Å². The molecule has 0 fully saturated rings. The van der Waals surface area contributed by atoms with E-state index in [1.807, 2.05) is 30.3 Å². The van der Waals surface area contributed by atoms with Gasteiger partial charge in [0.25, 0.3) is 10.1 Å². The van der Waals surface area contributed by atoms with Gasteiger partial charge in [-0.3, -0.25) is 4.18 Å². The maximum absolute atomic E-state index is 10.9. The number of hydrogen-bond donors (Lipinski definition) is 1. The van der Waals surface area contributed by atoms with Gasteiger partial charge < -0.3 is 5.32 Å². The fraction of sp³-hybridized carbons (Fsp3) is 0.364. The summed E-state index contributed by atoms with van der Waals surface area (Å²) in [5.41, 5.74) is 1.12. The Morgan fingerprint density at radius 3 is 2.59 bits per heavy atom. The van der Waals surface area contributed by atoms with Crippen molar-refractivity contribution in [1.82, 2.24) is 5.32 Å². The van der Waals surface area contributed by atoms with Crippen molar-refractivity contribution in [2.45, 2.75) is 12.6 Å². The van der Waals surface area contributed by atoms with Crippen molar-refractivity contribution in [3.05, 3.63) is 35.9 Å². The predicted molar refractivity (Wildman–Crippen MR) is 71.5 cm³/mol. The molecule has 0 aliphatic rings. The van der Waals surface area contributed by atoms with Gasteiger partial charge >= 0.3 is 0 Å². The maximum Gasteiger partial charge on any atom is 0.265 e. The van der Waals surface area contributed by atoms with Crippen LogP contribution in [0.3, 0.4) is 0 Å². The molecule has 94 valence electrons. The van der Waals surface area contributed by atoms with Gasteiger partial charge in [0.1, 0.15) is 6.10 Å².